The summed E-state index contributed by atoms with van der Waals surface area (Å²) in [6.45, 7) is 0. The Hall–Kier alpha value is -1.29. The summed E-state index contributed by atoms with van der Waals surface area (Å²) in [5.41, 5.74) is 3.49. The van der Waals surface area contributed by atoms with Crippen molar-refractivity contribution in [1.29, 1.82) is 0 Å². The van der Waals surface area contributed by atoms with E-state index in [9.17, 15) is 4.79 Å². The molecule has 1 saturated heterocycles. The first kappa shape index (κ1) is 8.97. The molecule has 1 unspecified atom stereocenters. The van der Waals surface area contributed by atoms with Crippen LogP contribution in [0.15, 0.2) is 35.6 Å². The Bertz CT molecular complexity index is 459. The number of rotatable bonds is 1. The Morgan fingerprint density at radius 1 is 1.53 bits per heavy atom. The topological polar surface area (TPSA) is 45.8 Å². The Kier molecular flexibility index (Phi) is 2.02. The Labute approximate surface area is 91.6 Å². The van der Waals surface area contributed by atoms with Gasteiger partial charge in [-0.1, -0.05) is 6.08 Å². The summed E-state index contributed by atoms with van der Waals surface area (Å²) in [5.74, 6) is 1.20. The number of H-pyrrole nitrogens is 1. The highest BCUT2D eigenvalue weighted by molar-refractivity contribution is 8.00. The molecule has 1 aliphatic heterocycles. The lowest BCUT2D eigenvalue weighted by atomic mass is 9.95. The standard InChI is InChI=1S/C11H10N2OS/c14-8-2-1-7-6-15-11(9(7)5-8)10-3-4-12-13-10/h1,3-5,11H,2,6H2,(H,12,13). The molecule has 1 aromatic heterocycles. The zero-order valence-electron chi connectivity index (χ0n) is 8.06. The fraction of sp³-hybridized carbons (Fsp3) is 0.273. The van der Waals surface area contributed by atoms with Crippen molar-refractivity contribution in [2.45, 2.75) is 11.7 Å². The molecule has 76 valence electrons. The summed E-state index contributed by atoms with van der Waals surface area (Å²) in [5, 5.41) is 7.25. The number of carbonyl (C=O) groups excluding carboxylic acids is 1. The van der Waals surface area contributed by atoms with Crippen LogP contribution in [0.25, 0.3) is 0 Å². The van der Waals surface area contributed by atoms with E-state index >= 15 is 0 Å². The molecule has 0 spiro atoms. The number of fused-ring (bicyclic) bond motifs is 1. The molecule has 1 atom stereocenters. The summed E-state index contributed by atoms with van der Waals surface area (Å²) in [6.07, 6.45) is 6.22. The van der Waals surface area contributed by atoms with E-state index in [4.69, 9.17) is 0 Å². The van der Waals surface area contributed by atoms with Crippen LogP contribution in [-0.4, -0.2) is 21.7 Å². The molecular formula is C11H10N2OS. The normalized spacial score (nSPS) is 24.8. The number of ketones is 1. The molecular weight excluding hydrogens is 208 g/mol. The third-order valence-electron chi connectivity index (χ3n) is 2.72. The first-order valence-electron chi connectivity index (χ1n) is 4.90. The average molecular weight is 218 g/mol. The average Bonchev–Trinajstić information content (AvgIpc) is 2.83. The van der Waals surface area contributed by atoms with Crippen LogP contribution >= 0.6 is 11.8 Å². The van der Waals surface area contributed by atoms with Crippen molar-refractivity contribution >= 4 is 17.5 Å². The van der Waals surface area contributed by atoms with Crippen LogP contribution in [0.3, 0.4) is 0 Å². The van der Waals surface area contributed by atoms with Crippen molar-refractivity contribution < 1.29 is 4.79 Å². The van der Waals surface area contributed by atoms with Crippen LogP contribution in [0, 0.1) is 0 Å². The number of aromatic nitrogens is 2. The highest BCUT2D eigenvalue weighted by Gasteiger charge is 2.30. The van der Waals surface area contributed by atoms with Crippen molar-refractivity contribution in [1.82, 2.24) is 10.2 Å². The molecule has 0 radical (unpaired) electrons. The lowest BCUT2D eigenvalue weighted by Crippen LogP contribution is -2.04. The molecule has 0 saturated carbocycles. The third kappa shape index (κ3) is 1.45. The predicted octanol–water partition coefficient (Wildman–Crippen LogP) is 2.02. The largest absolute Gasteiger partial charge is 0.294 e. The number of aromatic amines is 1. The van der Waals surface area contributed by atoms with Crippen LogP contribution in [0.5, 0.6) is 0 Å². The second-order valence-corrected chi connectivity index (χ2v) is 4.78. The van der Waals surface area contributed by atoms with Crippen molar-refractivity contribution in [3.8, 4) is 0 Å². The van der Waals surface area contributed by atoms with Crippen molar-refractivity contribution in [2.75, 3.05) is 5.75 Å². The number of nitrogens with zero attached hydrogens (tertiary/aromatic N) is 1. The summed E-state index contributed by atoms with van der Waals surface area (Å²) < 4.78 is 0. The SMILES string of the molecule is O=C1C=C2C(=CC1)CSC2c1cc[nH]n1. The maximum Gasteiger partial charge on any atom is 0.159 e. The Morgan fingerprint density at radius 2 is 2.47 bits per heavy atom. The second-order valence-electron chi connectivity index (χ2n) is 3.69. The molecule has 1 fully saturated rings. The van der Waals surface area contributed by atoms with Gasteiger partial charge in [0, 0.05) is 18.4 Å². The fourth-order valence-electron chi connectivity index (χ4n) is 1.98. The maximum absolute atomic E-state index is 11.4. The van der Waals surface area contributed by atoms with Crippen molar-refractivity contribution in [3.63, 3.8) is 0 Å². The van der Waals surface area contributed by atoms with Gasteiger partial charge in [-0.25, -0.2) is 0 Å². The van der Waals surface area contributed by atoms with Crippen molar-refractivity contribution in [2.24, 2.45) is 0 Å². The van der Waals surface area contributed by atoms with E-state index in [0.717, 1.165) is 17.0 Å². The van der Waals surface area contributed by atoms with Gasteiger partial charge in [0.1, 0.15) is 0 Å². The molecule has 1 aromatic rings. The quantitative estimate of drug-likeness (QED) is 0.784. The van der Waals surface area contributed by atoms with E-state index in [0.29, 0.717) is 6.42 Å². The molecule has 2 aliphatic rings. The van der Waals surface area contributed by atoms with Crippen LogP contribution in [0.1, 0.15) is 17.4 Å². The summed E-state index contributed by atoms with van der Waals surface area (Å²) in [7, 11) is 0. The zero-order valence-corrected chi connectivity index (χ0v) is 8.88. The van der Waals surface area contributed by atoms with Crippen LogP contribution in [0.2, 0.25) is 0 Å². The van der Waals surface area contributed by atoms with E-state index in [-0.39, 0.29) is 11.0 Å². The number of allylic oxidation sites excluding steroid dienone is 2. The monoisotopic (exact) mass is 218 g/mol. The molecule has 1 N–H and O–H groups in total. The van der Waals surface area contributed by atoms with Crippen LogP contribution in [0.4, 0.5) is 0 Å². The second kappa shape index (κ2) is 3.38. The third-order valence-corrected chi connectivity index (χ3v) is 4.02. The highest BCUT2D eigenvalue weighted by atomic mass is 32.2. The van der Waals surface area contributed by atoms with Gasteiger partial charge in [-0.2, -0.15) is 5.10 Å². The molecule has 0 aromatic carbocycles. The van der Waals surface area contributed by atoms with Gasteiger partial charge in [0.2, 0.25) is 0 Å². The van der Waals surface area contributed by atoms with E-state index in [1.807, 2.05) is 24.0 Å². The van der Waals surface area contributed by atoms with E-state index < -0.39 is 0 Å². The number of carbonyl (C=O) groups is 1. The van der Waals surface area contributed by atoms with Gasteiger partial charge in [0.15, 0.2) is 5.78 Å². The van der Waals surface area contributed by atoms with Crippen LogP contribution < -0.4 is 0 Å². The minimum atomic E-state index is 0.205. The van der Waals surface area contributed by atoms with Gasteiger partial charge < -0.3 is 0 Å². The van der Waals surface area contributed by atoms with E-state index in [2.05, 4.69) is 16.3 Å². The minimum Gasteiger partial charge on any atom is -0.294 e. The molecule has 1 aliphatic carbocycles. The summed E-state index contributed by atoms with van der Waals surface area (Å²) in [4.78, 5) is 11.4. The molecule has 0 bridgehead atoms. The fourth-order valence-corrected chi connectivity index (χ4v) is 3.31. The molecule has 2 heterocycles. The zero-order chi connectivity index (χ0) is 10.3. The minimum absolute atomic E-state index is 0.205. The Balaban J connectivity index is 2.00. The number of thioether (sulfide) groups is 1. The van der Waals surface area contributed by atoms with Gasteiger partial charge in [0.05, 0.1) is 10.9 Å². The van der Waals surface area contributed by atoms with E-state index in [1.165, 1.54) is 5.57 Å². The summed E-state index contributed by atoms with van der Waals surface area (Å²) in [6, 6.07) is 1.97. The maximum atomic E-state index is 11.4. The smallest absolute Gasteiger partial charge is 0.159 e. The van der Waals surface area contributed by atoms with Gasteiger partial charge in [-0.3, -0.25) is 9.89 Å². The van der Waals surface area contributed by atoms with Crippen molar-refractivity contribution in [3.05, 3.63) is 41.3 Å². The van der Waals surface area contributed by atoms with Gasteiger partial charge in [-0.15, -0.1) is 11.8 Å². The highest BCUT2D eigenvalue weighted by Crippen LogP contribution is 2.47. The number of hydrogen-bond acceptors (Lipinski definition) is 3. The molecule has 15 heavy (non-hydrogen) atoms. The predicted molar refractivity (Wildman–Crippen MR) is 59.6 cm³/mol. The molecule has 3 nitrogen and oxygen atoms in total. The first-order chi connectivity index (χ1) is 7.34. The molecule has 3 rings (SSSR count). The van der Waals surface area contributed by atoms with E-state index in [1.54, 1.807) is 6.08 Å². The summed E-state index contributed by atoms with van der Waals surface area (Å²) >= 11 is 1.84. The Morgan fingerprint density at radius 3 is 3.27 bits per heavy atom. The van der Waals surface area contributed by atoms with Gasteiger partial charge in [-0.05, 0) is 23.3 Å². The van der Waals surface area contributed by atoms with Gasteiger partial charge >= 0.3 is 0 Å². The lowest BCUT2D eigenvalue weighted by Gasteiger charge is -2.11. The first-order valence-corrected chi connectivity index (χ1v) is 5.94. The molecule has 4 heteroatoms. The molecule has 0 amide bonds. The number of nitrogens with one attached hydrogen (secondary N) is 1. The number of hydrogen-bond donors (Lipinski definition) is 1. The van der Waals surface area contributed by atoms with Crippen LogP contribution in [-0.2, 0) is 4.79 Å². The van der Waals surface area contributed by atoms with Gasteiger partial charge in [0.25, 0.3) is 0 Å². The lowest BCUT2D eigenvalue weighted by molar-refractivity contribution is -0.114.